The van der Waals surface area contributed by atoms with Crippen LogP contribution in [-0.2, 0) is 11.3 Å². The Balaban J connectivity index is 0.00000264. The number of ether oxygens (including phenoxy) is 1. The van der Waals surface area contributed by atoms with Crippen LogP contribution >= 0.6 is 0 Å². The minimum atomic E-state index is -0.693. The summed E-state index contributed by atoms with van der Waals surface area (Å²) in [6, 6.07) is 10.3. The SMILES string of the molecule is COc1ccc2c(ccc[n+]2CCCCCCCC(=O)O)c1.[Br-]. The Bertz CT molecular complexity index is 631. The zero-order valence-electron chi connectivity index (χ0n) is 13.5. The lowest BCUT2D eigenvalue weighted by atomic mass is 10.1. The van der Waals surface area contributed by atoms with Gasteiger partial charge in [0.05, 0.1) is 12.5 Å². The van der Waals surface area contributed by atoms with E-state index in [9.17, 15) is 4.79 Å². The van der Waals surface area contributed by atoms with Crippen LogP contribution in [0.1, 0.15) is 38.5 Å². The van der Waals surface area contributed by atoms with Crippen LogP contribution in [0.15, 0.2) is 36.5 Å². The number of aromatic nitrogens is 1. The quantitative estimate of drug-likeness (QED) is 0.510. The van der Waals surface area contributed by atoms with Gasteiger partial charge in [-0.15, -0.1) is 0 Å². The lowest BCUT2D eigenvalue weighted by Gasteiger charge is -2.04. The molecule has 0 fully saturated rings. The molecule has 2 rings (SSSR count). The van der Waals surface area contributed by atoms with Gasteiger partial charge >= 0.3 is 5.97 Å². The zero-order chi connectivity index (χ0) is 15.8. The van der Waals surface area contributed by atoms with E-state index in [-0.39, 0.29) is 17.0 Å². The van der Waals surface area contributed by atoms with Crippen molar-refractivity contribution in [3.63, 3.8) is 0 Å². The maximum absolute atomic E-state index is 10.4. The summed E-state index contributed by atoms with van der Waals surface area (Å²) in [5, 5.41) is 9.77. The number of carbonyl (C=O) groups is 1. The summed E-state index contributed by atoms with van der Waals surface area (Å²) in [7, 11) is 1.68. The Kier molecular flexibility index (Phi) is 8.62. The number of fused-ring (bicyclic) bond motifs is 1. The molecule has 5 heteroatoms. The molecule has 0 bridgehead atoms. The maximum Gasteiger partial charge on any atom is 0.303 e. The van der Waals surface area contributed by atoms with Crippen molar-refractivity contribution in [1.29, 1.82) is 0 Å². The van der Waals surface area contributed by atoms with Crippen molar-refractivity contribution in [2.24, 2.45) is 0 Å². The number of benzene rings is 1. The molecule has 2 aromatic rings. The fraction of sp³-hybridized carbons (Fsp3) is 0.444. The van der Waals surface area contributed by atoms with Crippen LogP contribution in [0.5, 0.6) is 5.75 Å². The number of pyridine rings is 1. The number of methoxy groups -OCH3 is 1. The van der Waals surface area contributed by atoms with E-state index < -0.39 is 5.97 Å². The highest BCUT2D eigenvalue weighted by atomic mass is 79.9. The summed E-state index contributed by atoms with van der Waals surface area (Å²) < 4.78 is 7.53. The second kappa shape index (κ2) is 10.2. The Morgan fingerprint density at radius 2 is 1.87 bits per heavy atom. The second-order valence-corrected chi connectivity index (χ2v) is 5.54. The summed E-state index contributed by atoms with van der Waals surface area (Å²) >= 11 is 0. The molecule has 0 saturated carbocycles. The van der Waals surface area contributed by atoms with Crippen molar-refractivity contribution in [3.05, 3.63) is 36.5 Å². The molecule has 0 aliphatic heterocycles. The number of nitrogens with zero attached hydrogens (tertiary/aromatic N) is 1. The molecule has 1 aromatic carbocycles. The van der Waals surface area contributed by atoms with Gasteiger partial charge in [0, 0.05) is 25.0 Å². The van der Waals surface area contributed by atoms with Crippen molar-refractivity contribution in [2.45, 2.75) is 45.1 Å². The van der Waals surface area contributed by atoms with Crippen LogP contribution in [-0.4, -0.2) is 18.2 Å². The number of carboxylic acids is 1. The van der Waals surface area contributed by atoms with Gasteiger partial charge in [-0.2, -0.15) is 4.57 Å². The number of aliphatic carboxylic acids is 1. The van der Waals surface area contributed by atoms with Gasteiger partial charge in [0.1, 0.15) is 12.3 Å². The zero-order valence-corrected chi connectivity index (χ0v) is 15.1. The van der Waals surface area contributed by atoms with E-state index in [2.05, 4.69) is 35.0 Å². The topological polar surface area (TPSA) is 50.4 Å². The van der Waals surface area contributed by atoms with Gasteiger partial charge in [0.2, 0.25) is 5.52 Å². The molecule has 4 nitrogen and oxygen atoms in total. The first-order chi connectivity index (χ1) is 10.7. The number of hydrogen-bond donors (Lipinski definition) is 1. The van der Waals surface area contributed by atoms with Crippen LogP contribution in [0.25, 0.3) is 10.9 Å². The summed E-state index contributed by atoms with van der Waals surface area (Å²) in [5.41, 5.74) is 1.22. The molecular formula is C18H24BrNO3. The third-order valence-electron chi connectivity index (χ3n) is 3.88. The number of carboxylic acid groups (broad SMARTS) is 1. The number of rotatable bonds is 9. The molecule has 0 unspecified atom stereocenters. The fourth-order valence-corrected chi connectivity index (χ4v) is 2.67. The molecule has 0 aliphatic carbocycles. The predicted molar refractivity (Wildman–Crippen MR) is 86.0 cm³/mol. The molecule has 0 atom stereocenters. The molecule has 0 aliphatic rings. The summed E-state index contributed by atoms with van der Waals surface area (Å²) in [5.74, 6) is 0.186. The minimum absolute atomic E-state index is 0. The number of aryl methyl sites for hydroxylation is 1. The van der Waals surface area contributed by atoms with Crippen LogP contribution in [0.2, 0.25) is 0 Å². The van der Waals surface area contributed by atoms with E-state index >= 15 is 0 Å². The van der Waals surface area contributed by atoms with Crippen molar-refractivity contribution in [3.8, 4) is 5.75 Å². The largest absolute Gasteiger partial charge is 1.00 e. The monoisotopic (exact) mass is 381 g/mol. The molecule has 0 spiro atoms. The normalized spacial score (nSPS) is 10.3. The first-order valence-electron chi connectivity index (χ1n) is 7.89. The van der Waals surface area contributed by atoms with Gasteiger partial charge in [-0.1, -0.05) is 12.8 Å². The van der Waals surface area contributed by atoms with E-state index in [1.807, 2.05) is 6.07 Å². The van der Waals surface area contributed by atoms with Crippen LogP contribution in [0.4, 0.5) is 0 Å². The highest BCUT2D eigenvalue weighted by Gasteiger charge is 2.08. The molecule has 1 heterocycles. The van der Waals surface area contributed by atoms with E-state index in [1.165, 1.54) is 10.9 Å². The predicted octanol–water partition coefficient (Wildman–Crippen LogP) is 0.565. The van der Waals surface area contributed by atoms with Crippen molar-refractivity contribution < 1.29 is 36.2 Å². The first-order valence-corrected chi connectivity index (χ1v) is 7.89. The highest BCUT2D eigenvalue weighted by Crippen LogP contribution is 2.17. The smallest absolute Gasteiger partial charge is 0.303 e. The van der Waals surface area contributed by atoms with Crippen LogP contribution < -0.4 is 26.3 Å². The molecule has 1 aromatic heterocycles. The van der Waals surface area contributed by atoms with E-state index in [4.69, 9.17) is 9.84 Å². The van der Waals surface area contributed by atoms with Gasteiger partial charge in [0.15, 0.2) is 6.20 Å². The van der Waals surface area contributed by atoms with Crippen molar-refractivity contribution in [2.75, 3.05) is 7.11 Å². The van der Waals surface area contributed by atoms with Crippen molar-refractivity contribution >= 4 is 16.9 Å². The summed E-state index contributed by atoms with van der Waals surface area (Å²) in [6.07, 6.45) is 7.55. The molecule has 126 valence electrons. The first kappa shape index (κ1) is 19.4. The van der Waals surface area contributed by atoms with Gasteiger partial charge in [-0.05, 0) is 31.0 Å². The molecule has 0 amide bonds. The molecular weight excluding hydrogens is 358 g/mol. The second-order valence-electron chi connectivity index (χ2n) is 5.54. The number of unbranched alkanes of at least 4 members (excludes halogenated alkanes) is 4. The number of hydrogen-bond acceptors (Lipinski definition) is 2. The van der Waals surface area contributed by atoms with Gasteiger partial charge in [-0.25, -0.2) is 0 Å². The van der Waals surface area contributed by atoms with Gasteiger partial charge in [-0.3, -0.25) is 4.79 Å². The molecule has 0 saturated heterocycles. The summed E-state index contributed by atoms with van der Waals surface area (Å²) in [4.78, 5) is 10.4. The lowest BCUT2D eigenvalue weighted by Crippen LogP contribution is -3.00. The van der Waals surface area contributed by atoms with Crippen molar-refractivity contribution in [1.82, 2.24) is 0 Å². The Labute approximate surface area is 147 Å². The van der Waals surface area contributed by atoms with Gasteiger partial charge < -0.3 is 26.8 Å². The van der Waals surface area contributed by atoms with Gasteiger partial charge in [0.25, 0.3) is 0 Å². The average molecular weight is 382 g/mol. The average Bonchev–Trinajstić information content (AvgIpc) is 2.53. The third kappa shape index (κ3) is 6.18. The Morgan fingerprint density at radius 3 is 2.61 bits per heavy atom. The standard InChI is InChI=1S/C18H23NO3.BrH/c1-22-16-10-11-17-15(14-16)8-7-13-19(17)12-6-4-2-3-5-9-18(20)21;/h7-8,10-11,13-14H,2-6,9,12H2,1H3;1H. The number of halogens is 1. The highest BCUT2D eigenvalue weighted by molar-refractivity contribution is 5.77. The molecule has 1 N–H and O–H groups in total. The fourth-order valence-electron chi connectivity index (χ4n) is 2.67. The maximum atomic E-state index is 10.4. The lowest BCUT2D eigenvalue weighted by molar-refractivity contribution is -0.671. The molecule has 0 radical (unpaired) electrons. The van der Waals surface area contributed by atoms with E-state index in [1.54, 1.807) is 7.11 Å². The van der Waals surface area contributed by atoms with Crippen LogP contribution in [0.3, 0.4) is 0 Å². The van der Waals surface area contributed by atoms with Crippen LogP contribution in [0, 0.1) is 0 Å². The Hall–Kier alpha value is -1.62. The van der Waals surface area contributed by atoms with E-state index in [0.29, 0.717) is 6.42 Å². The third-order valence-corrected chi connectivity index (χ3v) is 3.88. The summed E-state index contributed by atoms with van der Waals surface area (Å²) in [6.45, 7) is 0.989. The van der Waals surface area contributed by atoms with E-state index in [0.717, 1.165) is 44.4 Å². The molecule has 23 heavy (non-hydrogen) atoms. The minimum Gasteiger partial charge on any atom is -1.00 e. The Morgan fingerprint density at radius 1 is 1.13 bits per heavy atom.